The fourth-order valence-electron chi connectivity index (χ4n) is 1.88. The molecule has 2 aromatic rings. The molecule has 22 heavy (non-hydrogen) atoms. The first-order valence-electron chi connectivity index (χ1n) is 6.50. The van der Waals surface area contributed by atoms with Crippen molar-refractivity contribution in [2.24, 2.45) is 0 Å². The van der Waals surface area contributed by atoms with Gasteiger partial charge in [-0.25, -0.2) is 0 Å². The van der Waals surface area contributed by atoms with Crippen molar-refractivity contribution in [1.82, 2.24) is 10.3 Å². The number of hydrogen-bond donors (Lipinski definition) is 2. The molecule has 0 aliphatic heterocycles. The number of alkyl halides is 3. The minimum Gasteiger partial charge on any atom is -0.352 e. The van der Waals surface area contributed by atoms with E-state index in [9.17, 15) is 22.8 Å². The largest absolute Gasteiger partial charge is 0.416 e. The van der Waals surface area contributed by atoms with Gasteiger partial charge in [0.15, 0.2) is 0 Å². The number of hydrogen-bond acceptors (Lipinski definition) is 2. The molecule has 0 spiro atoms. The zero-order valence-electron chi connectivity index (χ0n) is 11.4. The number of benzene rings is 1. The summed E-state index contributed by atoms with van der Waals surface area (Å²) < 4.78 is 37.2. The molecule has 1 aromatic heterocycles. The van der Waals surface area contributed by atoms with Crippen molar-refractivity contribution in [3.8, 4) is 0 Å². The highest BCUT2D eigenvalue weighted by Gasteiger charge is 2.29. The lowest BCUT2D eigenvalue weighted by Crippen LogP contribution is -2.30. The van der Waals surface area contributed by atoms with Gasteiger partial charge in [0.05, 0.1) is 5.56 Å². The number of aromatic amines is 1. The van der Waals surface area contributed by atoms with E-state index in [2.05, 4.69) is 10.3 Å². The van der Waals surface area contributed by atoms with Gasteiger partial charge in [0.2, 0.25) is 0 Å². The Morgan fingerprint density at radius 2 is 1.82 bits per heavy atom. The molecule has 0 aliphatic carbocycles. The summed E-state index contributed by atoms with van der Waals surface area (Å²) in [6, 6.07) is 7.66. The van der Waals surface area contributed by atoms with Crippen molar-refractivity contribution in [3.63, 3.8) is 0 Å². The molecule has 0 saturated carbocycles. The topological polar surface area (TPSA) is 62.0 Å². The molecule has 0 fully saturated rings. The fraction of sp³-hybridized carbons (Fsp3) is 0.200. The van der Waals surface area contributed by atoms with Crippen LogP contribution in [0.15, 0.2) is 47.4 Å². The molecule has 1 heterocycles. The summed E-state index contributed by atoms with van der Waals surface area (Å²) in [5.41, 5.74) is -0.546. The van der Waals surface area contributed by atoms with Gasteiger partial charge in [-0.1, -0.05) is 12.1 Å². The molecule has 2 rings (SSSR count). The summed E-state index contributed by atoms with van der Waals surface area (Å²) in [7, 11) is 0. The van der Waals surface area contributed by atoms with E-state index in [1.54, 1.807) is 0 Å². The number of aromatic nitrogens is 1. The van der Waals surface area contributed by atoms with Crippen molar-refractivity contribution in [2.45, 2.75) is 12.6 Å². The average molecular weight is 310 g/mol. The Labute approximate surface area is 124 Å². The number of H-pyrrole nitrogens is 1. The van der Waals surface area contributed by atoms with Crippen LogP contribution in [-0.4, -0.2) is 17.4 Å². The molecule has 0 radical (unpaired) electrons. The van der Waals surface area contributed by atoms with Crippen LogP contribution in [0.2, 0.25) is 0 Å². The molecule has 0 bridgehead atoms. The Morgan fingerprint density at radius 1 is 1.14 bits per heavy atom. The van der Waals surface area contributed by atoms with Crippen molar-refractivity contribution in [3.05, 3.63) is 69.6 Å². The van der Waals surface area contributed by atoms with Crippen molar-refractivity contribution >= 4 is 5.91 Å². The van der Waals surface area contributed by atoms with Gasteiger partial charge in [-0.15, -0.1) is 0 Å². The Hall–Kier alpha value is -2.57. The van der Waals surface area contributed by atoms with Gasteiger partial charge < -0.3 is 10.3 Å². The first-order chi connectivity index (χ1) is 10.4. The first kappa shape index (κ1) is 15.8. The molecule has 2 N–H and O–H groups in total. The van der Waals surface area contributed by atoms with Crippen molar-refractivity contribution in [1.29, 1.82) is 0 Å². The highest BCUT2D eigenvalue weighted by atomic mass is 19.4. The highest BCUT2D eigenvalue weighted by Crippen LogP contribution is 2.29. The van der Waals surface area contributed by atoms with Gasteiger partial charge in [-0.3, -0.25) is 9.59 Å². The quantitative estimate of drug-likeness (QED) is 0.910. The molecule has 0 atom stereocenters. The second-order valence-corrected chi connectivity index (χ2v) is 4.61. The number of rotatable bonds is 4. The molecule has 7 heteroatoms. The normalized spacial score (nSPS) is 11.2. The van der Waals surface area contributed by atoms with Crippen LogP contribution in [0.5, 0.6) is 0 Å². The highest BCUT2D eigenvalue weighted by molar-refractivity contribution is 5.93. The number of amides is 1. The van der Waals surface area contributed by atoms with Crippen molar-refractivity contribution in [2.75, 3.05) is 6.54 Å². The molecular weight excluding hydrogens is 297 g/mol. The van der Waals surface area contributed by atoms with Gasteiger partial charge in [0.1, 0.15) is 5.56 Å². The van der Waals surface area contributed by atoms with Crippen LogP contribution in [0.1, 0.15) is 21.5 Å². The molecule has 1 aromatic carbocycles. The SMILES string of the molecule is O=C(NCCc1ccc(C(F)(F)F)cc1)c1ccc[nH]c1=O. The van der Waals surface area contributed by atoms with E-state index in [1.807, 2.05) is 0 Å². The van der Waals surface area contributed by atoms with E-state index in [-0.39, 0.29) is 12.1 Å². The van der Waals surface area contributed by atoms with E-state index < -0.39 is 23.2 Å². The molecule has 116 valence electrons. The second kappa shape index (κ2) is 6.46. The van der Waals surface area contributed by atoms with Crippen LogP contribution >= 0.6 is 0 Å². The average Bonchev–Trinajstić information content (AvgIpc) is 2.47. The van der Waals surface area contributed by atoms with Crippen LogP contribution in [0.3, 0.4) is 0 Å². The van der Waals surface area contributed by atoms with Gasteiger partial charge >= 0.3 is 6.18 Å². The summed E-state index contributed by atoms with van der Waals surface area (Å²) in [6.07, 6.45) is -2.57. The van der Waals surface area contributed by atoms with E-state index >= 15 is 0 Å². The third-order valence-electron chi connectivity index (χ3n) is 3.04. The van der Waals surface area contributed by atoms with E-state index in [0.29, 0.717) is 12.0 Å². The number of carbonyl (C=O) groups is 1. The maximum absolute atomic E-state index is 12.4. The maximum atomic E-state index is 12.4. The van der Waals surface area contributed by atoms with E-state index in [4.69, 9.17) is 0 Å². The van der Waals surface area contributed by atoms with Crippen LogP contribution in [0.4, 0.5) is 13.2 Å². The monoisotopic (exact) mass is 310 g/mol. The predicted octanol–water partition coefficient (Wildman–Crippen LogP) is 2.37. The molecule has 0 saturated heterocycles. The molecular formula is C15H13F3N2O2. The molecule has 1 amide bonds. The maximum Gasteiger partial charge on any atom is 0.416 e. The second-order valence-electron chi connectivity index (χ2n) is 4.61. The van der Waals surface area contributed by atoms with Gasteiger partial charge in [0, 0.05) is 12.7 Å². The molecule has 0 aliphatic rings. The van der Waals surface area contributed by atoms with Gasteiger partial charge in [-0.2, -0.15) is 13.2 Å². The third-order valence-corrected chi connectivity index (χ3v) is 3.04. The van der Waals surface area contributed by atoms with E-state index in [1.165, 1.54) is 30.5 Å². The zero-order valence-corrected chi connectivity index (χ0v) is 11.4. The minimum atomic E-state index is -4.36. The summed E-state index contributed by atoms with van der Waals surface area (Å²) in [6.45, 7) is 0.221. The fourth-order valence-corrected chi connectivity index (χ4v) is 1.88. The van der Waals surface area contributed by atoms with Crippen LogP contribution < -0.4 is 10.9 Å². The van der Waals surface area contributed by atoms with Gasteiger partial charge in [0.25, 0.3) is 11.5 Å². The van der Waals surface area contributed by atoms with Crippen LogP contribution in [-0.2, 0) is 12.6 Å². The van der Waals surface area contributed by atoms with Crippen LogP contribution in [0, 0.1) is 0 Å². The number of nitrogens with one attached hydrogen (secondary N) is 2. The van der Waals surface area contributed by atoms with Crippen LogP contribution in [0.25, 0.3) is 0 Å². The summed E-state index contributed by atoms with van der Waals surface area (Å²) in [5, 5.41) is 2.55. The lowest BCUT2D eigenvalue weighted by molar-refractivity contribution is -0.137. The third kappa shape index (κ3) is 3.97. The van der Waals surface area contributed by atoms with Crippen molar-refractivity contribution < 1.29 is 18.0 Å². The lowest BCUT2D eigenvalue weighted by atomic mass is 10.1. The standard InChI is InChI=1S/C15H13F3N2O2/c16-15(17,18)11-5-3-10(4-6-11)7-9-20-14(22)12-2-1-8-19-13(12)21/h1-6,8H,7,9H2,(H,19,21)(H,20,22). The Kier molecular flexibility index (Phi) is 4.65. The molecule has 0 unspecified atom stereocenters. The minimum absolute atomic E-state index is 0.00470. The Balaban J connectivity index is 1.90. The lowest BCUT2D eigenvalue weighted by Gasteiger charge is -2.08. The summed E-state index contributed by atoms with van der Waals surface area (Å²) in [4.78, 5) is 25.6. The Morgan fingerprint density at radius 3 is 2.41 bits per heavy atom. The predicted molar refractivity (Wildman–Crippen MR) is 74.5 cm³/mol. The smallest absolute Gasteiger partial charge is 0.352 e. The Bertz CT molecular complexity index is 706. The summed E-state index contributed by atoms with van der Waals surface area (Å²) >= 11 is 0. The number of halogens is 3. The van der Waals surface area contributed by atoms with Gasteiger partial charge in [-0.05, 0) is 36.2 Å². The summed E-state index contributed by atoms with van der Waals surface area (Å²) in [5.74, 6) is -0.520. The molecule has 4 nitrogen and oxygen atoms in total. The number of pyridine rings is 1. The number of carbonyl (C=O) groups excluding carboxylic acids is 1. The van der Waals surface area contributed by atoms with E-state index in [0.717, 1.165) is 12.1 Å². The first-order valence-corrected chi connectivity index (χ1v) is 6.50. The zero-order chi connectivity index (χ0) is 16.2.